The normalized spacial score (nSPS) is 20.7. The molecule has 0 aromatic carbocycles. The van der Waals surface area contributed by atoms with Crippen molar-refractivity contribution in [2.75, 3.05) is 0 Å². The number of pyridine rings is 1. The molecule has 4 heteroatoms. The van der Waals surface area contributed by atoms with Gasteiger partial charge in [0.1, 0.15) is 0 Å². The van der Waals surface area contributed by atoms with Crippen molar-refractivity contribution in [3.63, 3.8) is 0 Å². The van der Waals surface area contributed by atoms with Gasteiger partial charge in [0, 0.05) is 12.4 Å². The van der Waals surface area contributed by atoms with Crippen molar-refractivity contribution in [2.24, 2.45) is 0 Å². The van der Waals surface area contributed by atoms with Crippen molar-refractivity contribution < 1.29 is 9.31 Å². The zero-order chi connectivity index (χ0) is 13.9. The summed E-state index contributed by atoms with van der Waals surface area (Å²) in [6.07, 6.45) is 7.50. The molecule has 0 saturated carbocycles. The third-order valence-corrected chi connectivity index (χ3v) is 4.76. The summed E-state index contributed by atoms with van der Waals surface area (Å²) >= 11 is 0. The van der Waals surface area contributed by atoms with Gasteiger partial charge < -0.3 is 9.31 Å². The van der Waals surface area contributed by atoms with Crippen LogP contribution in [0.3, 0.4) is 0 Å². The monoisotopic (exact) mass is 261 g/mol. The molecule has 0 N–H and O–H groups in total. The fraction of sp³-hybridized carbons (Fsp3) is 0.667. The largest absolute Gasteiger partial charge is 0.494 e. The molecule has 1 aromatic heterocycles. The summed E-state index contributed by atoms with van der Waals surface area (Å²) in [5.41, 5.74) is 0.708. The quantitative estimate of drug-likeness (QED) is 0.763. The van der Waals surface area contributed by atoms with Gasteiger partial charge in [-0.3, -0.25) is 4.98 Å². The second-order valence-corrected chi connectivity index (χ2v) is 5.25. The number of hydrogen-bond donors (Lipinski definition) is 0. The van der Waals surface area contributed by atoms with Crippen molar-refractivity contribution in [1.29, 1.82) is 0 Å². The topological polar surface area (TPSA) is 31.4 Å². The lowest BCUT2D eigenvalue weighted by Crippen LogP contribution is -2.50. The van der Waals surface area contributed by atoms with E-state index in [0.717, 1.165) is 31.1 Å². The van der Waals surface area contributed by atoms with Crippen molar-refractivity contribution in [1.82, 2.24) is 4.98 Å². The van der Waals surface area contributed by atoms with Crippen LogP contribution in [0.5, 0.6) is 0 Å². The minimum absolute atomic E-state index is 0.176. The summed E-state index contributed by atoms with van der Waals surface area (Å²) in [7, 11) is -0.261. The van der Waals surface area contributed by atoms with E-state index >= 15 is 0 Å². The first-order chi connectivity index (χ1) is 9.17. The summed E-state index contributed by atoms with van der Waals surface area (Å²) < 4.78 is 12.8. The number of hydrogen-bond acceptors (Lipinski definition) is 3. The Hall–Kier alpha value is -0.865. The van der Waals surface area contributed by atoms with Crippen LogP contribution in [0.1, 0.15) is 53.4 Å². The predicted molar refractivity (Wildman–Crippen MR) is 78.4 cm³/mol. The maximum absolute atomic E-state index is 6.38. The van der Waals surface area contributed by atoms with Gasteiger partial charge in [-0.15, -0.1) is 0 Å². The van der Waals surface area contributed by atoms with Gasteiger partial charge in [-0.2, -0.15) is 0 Å². The third-order valence-electron chi connectivity index (χ3n) is 4.76. The molecule has 2 rings (SSSR count). The average molecular weight is 261 g/mol. The molecular formula is C15H24BNO2. The fourth-order valence-corrected chi connectivity index (χ4v) is 3.43. The predicted octanol–water partition coefficient (Wildman–Crippen LogP) is 2.94. The molecule has 0 spiro atoms. The molecule has 0 amide bonds. The van der Waals surface area contributed by atoms with E-state index in [2.05, 4.69) is 32.7 Å². The number of rotatable bonds is 5. The molecular weight excluding hydrogens is 237 g/mol. The highest BCUT2D eigenvalue weighted by Gasteiger charge is 2.58. The van der Waals surface area contributed by atoms with Crippen LogP contribution in [0.15, 0.2) is 24.5 Å². The van der Waals surface area contributed by atoms with Crippen LogP contribution < -0.4 is 5.46 Å². The molecule has 1 aromatic rings. The first kappa shape index (κ1) is 14.5. The van der Waals surface area contributed by atoms with Gasteiger partial charge in [0.25, 0.3) is 0 Å². The number of nitrogens with zero attached hydrogens (tertiary/aromatic N) is 1. The van der Waals surface area contributed by atoms with Gasteiger partial charge in [0.2, 0.25) is 0 Å². The van der Waals surface area contributed by atoms with Gasteiger partial charge in [0.15, 0.2) is 0 Å². The maximum atomic E-state index is 6.38. The molecule has 1 saturated heterocycles. The molecule has 19 heavy (non-hydrogen) atoms. The molecule has 1 aliphatic heterocycles. The van der Waals surface area contributed by atoms with Gasteiger partial charge in [0.05, 0.1) is 11.2 Å². The van der Waals surface area contributed by atoms with Crippen molar-refractivity contribution in [3.05, 3.63) is 24.5 Å². The molecule has 104 valence electrons. The summed E-state index contributed by atoms with van der Waals surface area (Å²) in [5, 5.41) is 0. The van der Waals surface area contributed by atoms with Crippen LogP contribution in [0.2, 0.25) is 0 Å². The molecule has 3 nitrogen and oxygen atoms in total. The minimum Gasteiger partial charge on any atom is -0.399 e. The first-order valence-corrected chi connectivity index (χ1v) is 7.42. The molecule has 0 bridgehead atoms. The Kier molecular flexibility index (Phi) is 4.31. The van der Waals surface area contributed by atoms with Crippen LogP contribution in [0.25, 0.3) is 0 Å². The molecule has 0 unspecified atom stereocenters. The number of aromatic nitrogens is 1. The molecule has 0 radical (unpaired) electrons. The Labute approximate surface area is 116 Å². The van der Waals surface area contributed by atoms with Crippen molar-refractivity contribution in [3.8, 4) is 0 Å². The van der Waals surface area contributed by atoms with Crippen LogP contribution in [0.4, 0.5) is 0 Å². The maximum Gasteiger partial charge on any atom is 0.494 e. The van der Waals surface area contributed by atoms with E-state index in [0.29, 0.717) is 0 Å². The Balaban J connectivity index is 2.35. The smallest absolute Gasteiger partial charge is 0.399 e. The van der Waals surface area contributed by atoms with Crippen LogP contribution in [-0.2, 0) is 9.31 Å². The Morgan fingerprint density at radius 3 is 1.68 bits per heavy atom. The van der Waals surface area contributed by atoms with Crippen LogP contribution >= 0.6 is 0 Å². The van der Waals surface area contributed by atoms with E-state index in [1.165, 1.54) is 0 Å². The lowest BCUT2D eigenvalue weighted by atomic mass is 9.75. The van der Waals surface area contributed by atoms with E-state index in [9.17, 15) is 0 Å². The standard InChI is InChI=1S/C15H24BNO2/c1-5-14(6-2)15(7-3,8-4)19-16(18-14)13-9-11-17-12-10-13/h9-12H,5-8H2,1-4H3. The summed E-state index contributed by atoms with van der Waals surface area (Å²) in [6.45, 7) is 8.79. The Bertz CT molecular complexity index is 382. The SMILES string of the molecule is CCC1(CC)OB(c2ccncc2)OC1(CC)CC. The fourth-order valence-electron chi connectivity index (χ4n) is 3.43. The second kappa shape index (κ2) is 5.64. The van der Waals surface area contributed by atoms with Crippen LogP contribution in [0, 0.1) is 0 Å². The zero-order valence-electron chi connectivity index (χ0n) is 12.5. The lowest BCUT2D eigenvalue weighted by molar-refractivity contribution is -0.0601. The van der Waals surface area contributed by atoms with Crippen molar-refractivity contribution in [2.45, 2.75) is 64.6 Å². The minimum atomic E-state index is -0.261. The summed E-state index contributed by atoms with van der Waals surface area (Å²) in [6, 6.07) is 3.95. The zero-order valence-corrected chi connectivity index (χ0v) is 12.5. The van der Waals surface area contributed by atoms with Gasteiger partial charge in [-0.1, -0.05) is 27.7 Å². The van der Waals surface area contributed by atoms with Gasteiger partial charge in [-0.25, -0.2) is 0 Å². The van der Waals surface area contributed by atoms with E-state index in [4.69, 9.17) is 9.31 Å². The first-order valence-electron chi connectivity index (χ1n) is 7.42. The molecule has 0 aliphatic carbocycles. The highest BCUT2D eigenvalue weighted by Crippen LogP contribution is 2.46. The van der Waals surface area contributed by atoms with E-state index in [-0.39, 0.29) is 18.3 Å². The molecule has 1 aliphatic rings. The van der Waals surface area contributed by atoms with E-state index in [1.807, 2.05) is 12.1 Å². The second-order valence-electron chi connectivity index (χ2n) is 5.25. The van der Waals surface area contributed by atoms with E-state index in [1.54, 1.807) is 12.4 Å². The molecule has 0 atom stereocenters. The Morgan fingerprint density at radius 1 is 0.895 bits per heavy atom. The highest BCUT2D eigenvalue weighted by atomic mass is 16.7. The van der Waals surface area contributed by atoms with Gasteiger partial charge >= 0.3 is 7.12 Å². The lowest BCUT2D eigenvalue weighted by Gasteiger charge is -2.42. The van der Waals surface area contributed by atoms with Gasteiger partial charge in [-0.05, 0) is 43.3 Å². The summed E-state index contributed by atoms with van der Waals surface area (Å²) in [5.74, 6) is 0. The Morgan fingerprint density at radius 2 is 1.32 bits per heavy atom. The highest BCUT2D eigenvalue weighted by molar-refractivity contribution is 6.62. The molecule has 1 fully saturated rings. The molecule has 2 heterocycles. The third kappa shape index (κ3) is 2.21. The van der Waals surface area contributed by atoms with Crippen LogP contribution in [-0.4, -0.2) is 23.3 Å². The average Bonchev–Trinajstić information content (AvgIpc) is 2.83. The van der Waals surface area contributed by atoms with Crippen molar-refractivity contribution >= 4 is 12.6 Å². The summed E-state index contributed by atoms with van der Waals surface area (Å²) in [4.78, 5) is 4.06. The van der Waals surface area contributed by atoms with E-state index < -0.39 is 0 Å².